The van der Waals surface area contributed by atoms with Crippen molar-refractivity contribution in [2.45, 2.75) is 25.8 Å². The normalized spacial score (nSPS) is 18.6. The molecule has 3 nitrogen and oxygen atoms in total. The highest BCUT2D eigenvalue weighted by molar-refractivity contribution is 5.49. The van der Waals surface area contributed by atoms with Crippen molar-refractivity contribution in [3.05, 3.63) is 29.6 Å². The summed E-state index contributed by atoms with van der Waals surface area (Å²) in [6.07, 6.45) is 2.26. The predicted molar refractivity (Wildman–Crippen MR) is 82.5 cm³/mol. The molecule has 1 aliphatic heterocycles. The van der Waals surface area contributed by atoms with Crippen LogP contribution < -0.4 is 10.6 Å². The molecule has 1 aromatic carbocycles. The number of piperidine rings is 1. The predicted octanol–water partition coefficient (Wildman–Crippen LogP) is 2.62. The van der Waals surface area contributed by atoms with E-state index in [1.807, 2.05) is 19.1 Å². The molecule has 1 aromatic rings. The van der Waals surface area contributed by atoms with E-state index >= 15 is 0 Å². The van der Waals surface area contributed by atoms with Crippen LogP contribution in [0.2, 0.25) is 0 Å². The van der Waals surface area contributed by atoms with Gasteiger partial charge in [0.1, 0.15) is 5.82 Å². The van der Waals surface area contributed by atoms with Crippen molar-refractivity contribution in [3.8, 4) is 0 Å². The fourth-order valence-electron chi connectivity index (χ4n) is 2.94. The van der Waals surface area contributed by atoms with E-state index in [-0.39, 0.29) is 11.9 Å². The molecule has 0 bridgehead atoms. The fourth-order valence-corrected chi connectivity index (χ4v) is 2.94. The summed E-state index contributed by atoms with van der Waals surface area (Å²) in [5.74, 6) is 0.582. The fraction of sp³-hybridized carbons (Fsp3) is 0.625. The Morgan fingerprint density at radius 1 is 1.35 bits per heavy atom. The number of rotatable bonds is 4. The van der Waals surface area contributed by atoms with Crippen LogP contribution in [0.3, 0.4) is 0 Å². The molecular weight excluding hydrogens is 253 g/mol. The number of anilines is 1. The molecule has 1 saturated heterocycles. The third-order valence-electron chi connectivity index (χ3n) is 4.08. The number of hydrogen-bond acceptors (Lipinski definition) is 3. The Hall–Kier alpha value is -1.13. The lowest BCUT2D eigenvalue weighted by Gasteiger charge is -2.35. The lowest BCUT2D eigenvalue weighted by Crippen LogP contribution is -2.37. The molecular formula is C16H26FN3. The molecule has 0 saturated carbocycles. The molecule has 1 aliphatic rings. The van der Waals surface area contributed by atoms with Crippen LogP contribution in [0, 0.1) is 11.7 Å². The molecule has 1 atom stereocenters. The molecule has 0 unspecified atom stereocenters. The molecule has 2 N–H and O–H groups in total. The third-order valence-corrected chi connectivity index (χ3v) is 4.08. The first-order chi connectivity index (χ1) is 9.47. The van der Waals surface area contributed by atoms with Crippen molar-refractivity contribution in [2.75, 3.05) is 38.6 Å². The molecule has 0 aliphatic carbocycles. The van der Waals surface area contributed by atoms with Crippen LogP contribution >= 0.6 is 0 Å². The molecule has 4 heteroatoms. The van der Waals surface area contributed by atoms with Gasteiger partial charge in [0.15, 0.2) is 0 Å². The van der Waals surface area contributed by atoms with E-state index in [0.717, 1.165) is 49.6 Å². The second kappa shape index (κ2) is 6.55. The van der Waals surface area contributed by atoms with Gasteiger partial charge in [0.25, 0.3) is 0 Å². The molecule has 1 heterocycles. The number of nitrogens with zero attached hydrogens (tertiary/aromatic N) is 2. The van der Waals surface area contributed by atoms with Gasteiger partial charge in [-0.25, -0.2) is 4.39 Å². The Morgan fingerprint density at radius 2 is 2.00 bits per heavy atom. The van der Waals surface area contributed by atoms with E-state index in [1.165, 1.54) is 0 Å². The first kappa shape index (κ1) is 15.3. The van der Waals surface area contributed by atoms with Gasteiger partial charge in [-0.05, 0) is 57.5 Å². The quantitative estimate of drug-likeness (QED) is 0.919. The minimum atomic E-state index is -0.147. The van der Waals surface area contributed by atoms with Gasteiger partial charge in [-0.2, -0.15) is 0 Å². The minimum absolute atomic E-state index is 0.121. The number of nitrogens with two attached hydrogens (primary N) is 1. The smallest absolute Gasteiger partial charge is 0.146 e. The third kappa shape index (κ3) is 3.70. The van der Waals surface area contributed by atoms with Crippen LogP contribution in [0.4, 0.5) is 10.1 Å². The second-order valence-electron chi connectivity index (χ2n) is 6.19. The van der Waals surface area contributed by atoms with Gasteiger partial charge in [-0.15, -0.1) is 0 Å². The van der Waals surface area contributed by atoms with Crippen LogP contribution in [0.1, 0.15) is 31.4 Å². The van der Waals surface area contributed by atoms with Gasteiger partial charge < -0.3 is 15.5 Å². The van der Waals surface area contributed by atoms with Gasteiger partial charge in [-0.1, -0.05) is 6.07 Å². The molecule has 0 amide bonds. The molecule has 1 fully saturated rings. The average Bonchev–Trinajstić information content (AvgIpc) is 2.39. The summed E-state index contributed by atoms with van der Waals surface area (Å²) in [6.45, 7) is 4.88. The maximum absolute atomic E-state index is 14.2. The van der Waals surface area contributed by atoms with Crippen LogP contribution in [0.25, 0.3) is 0 Å². The summed E-state index contributed by atoms with van der Waals surface area (Å²) in [5.41, 5.74) is 7.37. The summed E-state index contributed by atoms with van der Waals surface area (Å²) in [6, 6.07) is 5.27. The molecule has 112 valence electrons. The van der Waals surface area contributed by atoms with Crippen molar-refractivity contribution < 1.29 is 4.39 Å². The Balaban J connectivity index is 2.00. The van der Waals surface area contributed by atoms with E-state index in [2.05, 4.69) is 23.9 Å². The van der Waals surface area contributed by atoms with Gasteiger partial charge in [-0.3, -0.25) is 0 Å². The molecule has 0 aromatic heterocycles. The van der Waals surface area contributed by atoms with Crippen molar-refractivity contribution in [1.29, 1.82) is 0 Å². The maximum atomic E-state index is 14.2. The number of benzene rings is 1. The van der Waals surface area contributed by atoms with Crippen molar-refractivity contribution in [1.82, 2.24) is 4.90 Å². The average molecular weight is 279 g/mol. The van der Waals surface area contributed by atoms with Gasteiger partial charge in [0.05, 0.1) is 5.69 Å². The highest BCUT2D eigenvalue weighted by Gasteiger charge is 2.21. The standard InChI is InChI=1S/C16H26FN3/c1-12(18)14-4-5-16(15(17)10-14)20-8-6-13(7-9-20)11-19(2)3/h4-5,10,12-13H,6-9,11,18H2,1-3H3/t12-/m1/s1. The summed E-state index contributed by atoms with van der Waals surface area (Å²) >= 11 is 0. The summed E-state index contributed by atoms with van der Waals surface area (Å²) in [7, 11) is 4.22. The molecule has 2 rings (SSSR count). The van der Waals surface area contributed by atoms with E-state index in [0.29, 0.717) is 0 Å². The van der Waals surface area contributed by atoms with E-state index in [4.69, 9.17) is 5.73 Å². The van der Waals surface area contributed by atoms with Crippen molar-refractivity contribution in [3.63, 3.8) is 0 Å². The number of hydrogen-bond donors (Lipinski definition) is 1. The molecule has 0 radical (unpaired) electrons. The van der Waals surface area contributed by atoms with Gasteiger partial charge in [0, 0.05) is 25.7 Å². The SMILES string of the molecule is C[C@@H](N)c1ccc(N2CCC(CN(C)C)CC2)c(F)c1. The van der Waals surface area contributed by atoms with Crippen LogP contribution in [-0.4, -0.2) is 38.6 Å². The van der Waals surface area contributed by atoms with Crippen molar-refractivity contribution in [2.24, 2.45) is 11.7 Å². The lowest BCUT2D eigenvalue weighted by molar-refractivity contribution is 0.284. The van der Waals surface area contributed by atoms with Gasteiger partial charge >= 0.3 is 0 Å². The van der Waals surface area contributed by atoms with Crippen LogP contribution in [0.15, 0.2) is 18.2 Å². The largest absolute Gasteiger partial charge is 0.369 e. The van der Waals surface area contributed by atoms with Crippen LogP contribution in [-0.2, 0) is 0 Å². The van der Waals surface area contributed by atoms with Gasteiger partial charge in [0.2, 0.25) is 0 Å². The summed E-state index contributed by atoms with van der Waals surface area (Å²) < 4.78 is 14.2. The highest BCUT2D eigenvalue weighted by atomic mass is 19.1. The second-order valence-corrected chi connectivity index (χ2v) is 6.19. The molecule has 20 heavy (non-hydrogen) atoms. The summed E-state index contributed by atoms with van der Waals surface area (Å²) in [5, 5.41) is 0. The molecule has 0 spiro atoms. The van der Waals surface area contributed by atoms with E-state index < -0.39 is 0 Å². The minimum Gasteiger partial charge on any atom is -0.369 e. The van der Waals surface area contributed by atoms with E-state index in [1.54, 1.807) is 6.07 Å². The van der Waals surface area contributed by atoms with Crippen LogP contribution in [0.5, 0.6) is 0 Å². The maximum Gasteiger partial charge on any atom is 0.146 e. The van der Waals surface area contributed by atoms with E-state index in [9.17, 15) is 4.39 Å². The van der Waals surface area contributed by atoms with Crippen molar-refractivity contribution >= 4 is 5.69 Å². The Morgan fingerprint density at radius 3 is 2.50 bits per heavy atom. The summed E-state index contributed by atoms with van der Waals surface area (Å²) in [4.78, 5) is 4.39. The first-order valence-corrected chi connectivity index (χ1v) is 7.42. The Labute approximate surface area is 121 Å². The Bertz CT molecular complexity index is 437. The lowest BCUT2D eigenvalue weighted by atomic mass is 9.95. The monoisotopic (exact) mass is 279 g/mol. The number of halogens is 1. The highest BCUT2D eigenvalue weighted by Crippen LogP contribution is 2.27. The zero-order valence-electron chi connectivity index (χ0n) is 12.8. The zero-order chi connectivity index (χ0) is 14.7. The first-order valence-electron chi connectivity index (χ1n) is 7.42. The zero-order valence-corrected chi connectivity index (χ0v) is 12.8. The Kier molecular flexibility index (Phi) is 5.00. The topological polar surface area (TPSA) is 32.5 Å².